The highest BCUT2D eigenvalue weighted by molar-refractivity contribution is 5.41. The SMILES string of the molecule is C=C1C(O)CCCC1(NC)c1ccccc1C. The first-order valence-electron chi connectivity index (χ1n) is 6.24. The molecule has 2 rings (SSSR count). The van der Waals surface area contributed by atoms with Gasteiger partial charge >= 0.3 is 0 Å². The number of rotatable bonds is 2. The predicted molar refractivity (Wildman–Crippen MR) is 70.9 cm³/mol. The zero-order valence-corrected chi connectivity index (χ0v) is 10.7. The monoisotopic (exact) mass is 231 g/mol. The van der Waals surface area contributed by atoms with Crippen LogP contribution in [0.1, 0.15) is 30.4 Å². The van der Waals surface area contributed by atoms with Crippen molar-refractivity contribution in [3.63, 3.8) is 0 Å². The molecule has 0 aromatic heterocycles. The van der Waals surface area contributed by atoms with Crippen molar-refractivity contribution in [3.05, 3.63) is 47.5 Å². The van der Waals surface area contributed by atoms with E-state index in [1.54, 1.807) is 0 Å². The topological polar surface area (TPSA) is 32.3 Å². The number of hydrogen-bond acceptors (Lipinski definition) is 2. The maximum Gasteiger partial charge on any atom is 0.0768 e. The first kappa shape index (κ1) is 12.3. The van der Waals surface area contributed by atoms with Gasteiger partial charge in [-0.3, -0.25) is 0 Å². The Balaban J connectivity index is 2.50. The smallest absolute Gasteiger partial charge is 0.0768 e. The fraction of sp³-hybridized carbons (Fsp3) is 0.467. The first-order valence-corrected chi connectivity index (χ1v) is 6.24. The molecular formula is C15H21NO. The summed E-state index contributed by atoms with van der Waals surface area (Å²) in [7, 11) is 1.95. The summed E-state index contributed by atoms with van der Waals surface area (Å²) in [5.41, 5.74) is 3.13. The summed E-state index contributed by atoms with van der Waals surface area (Å²) < 4.78 is 0. The summed E-state index contributed by atoms with van der Waals surface area (Å²) >= 11 is 0. The Kier molecular flexibility index (Phi) is 3.36. The van der Waals surface area contributed by atoms with Gasteiger partial charge in [0.15, 0.2) is 0 Å². The summed E-state index contributed by atoms with van der Waals surface area (Å²) in [6, 6.07) is 8.34. The van der Waals surface area contributed by atoms with Crippen molar-refractivity contribution in [2.24, 2.45) is 0 Å². The van der Waals surface area contributed by atoms with Crippen LogP contribution in [0.5, 0.6) is 0 Å². The van der Waals surface area contributed by atoms with Gasteiger partial charge in [-0.15, -0.1) is 0 Å². The van der Waals surface area contributed by atoms with Crippen LogP contribution in [0.4, 0.5) is 0 Å². The highest BCUT2D eigenvalue weighted by Crippen LogP contribution is 2.41. The molecule has 1 aliphatic rings. The predicted octanol–water partition coefficient (Wildman–Crippen LogP) is 2.51. The Bertz CT molecular complexity index is 427. The molecule has 1 aliphatic carbocycles. The van der Waals surface area contributed by atoms with E-state index in [4.69, 9.17) is 0 Å². The van der Waals surface area contributed by atoms with E-state index in [9.17, 15) is 5.11 Å². The van der Waals surface area contributed by atoms with E-state index in [1.807, 2.05) is 13.1 Å². The fourth-order valence-electron chi connectivity index (χ4n) is 2.96. The lowest BCUT2D eigenvalue weighted by Crippen LogP contribution is -2.48. The lowest BCUT2D eigenvalue weighted by atomic mass is 9.71. The number of hydrogen-bond donors (Lipinski definition) is 2. The zero-order chi connectivity index (χ0) is 12.5. The maximum absolute atomic E-state index is 10.1. The number of aliphatic hydroxyl groups is 1. The molecule has 2 N–H and O–H groups in total. The Morgan fingerprint density at radius 1 is 1.41 bits per heavy atom. The van der Waals surface area contributed by atoms with Crippen LogP contribution in [-0.4, -0.2) is 18.3 Å². The molecule has 0 heterocycles. The van der Waals surface area contributed by atoms with Crippen LogP contribution >= 0.6 is 0 Å². The third-order valence-electron chi connectivity index (χ3n) is 4.01. The van der Waals surface area contributed by atoms with E-state index in [0.717, 1.165) is 24.8 Å². The van der Waals surface area contributed by atoms with Crippen LogP contribution in [0.2, 0.25) is 0 Å². The van der Waals surface area contributed by atoms with Crippen LogP contribution in [0.15, 0.2) is 36.4 Å². The molecule has 0 amide bonds. The van der Waals surface area contributed by atoms with E-state index in [2.05, 4.69) is 37.0 Å². The molecule has 2 atom stereocenters. The van der Waals surface area contributed by atoms with Gasteiger partial charge in [0.1, 0.15) is 0 Å². The normalized spacial score (nSPS) is 29.4. The maximum atomic E-state index is 10.1. The fourth-order valence-corrected chi connectivity index (χ4v) is 2.96. The second-order valence-electron chi connectivity index (χ2n) is 4.90. The molecule has 17 heavy (non-hydrogen) atoms. The quantitative estimate of drug-likeness (QED) is 0.767. The van der Waals surface area contributed by atoms with Gasteiger partial charge in [0, 0.05) is 0 Å². The van der Waals surface area contributed by atoms with Gasteiger partial charge in [0.2, 0.25) is 0 Å². The van der Waals surface area contributed by atoms with Crippen molar-refractivity contribution >= 4 is 0 Å². The number of likely N-dealkylation sites (N-methyl/N-ethyl adjacent to an activating group) is 1. The van der Waals surface area contributed by atoms with E-state index in [0.29, 0.717) is 0 Å². The molecule has 0 radical (unpaired) electrons. The minimum absolute atomic E-state index is 0.261. The third-order valence-corrected chi connectivity index (χ3v) is 4.01. The van der Waals surface area contributed by atoms with Crippen molar-refractivity contribution in [3.8, 4) is 0 Å². The van der Waals surface area contributed by atoms with Crippen molar-refractivity contribution < 1.29 is 5.11 Å². The lowest BCUT2D eigenvalue weighted by molar-refractivity contribution is 0.139. The zero-order valence-electron chi connectivity index (χ0n) is 10.7. The average molecular weight is 231 g/mol. The van der Waals surface area contributed by atoms with Crippen molar-refractivity contribution in [1.82, 2.24) is 5.32 Å². The van der Waals surface area contributed by atoms with Crippen LogP contribution in [0, 0.1) is 6.92 Å². The van der Waals surface area contributed by atoms with Gasteiger partial charge in [0.25, 0.3) is 0 Å². The summed E-state index contributed by atoms with van der Waals surface area (Å²) in [6.45, 7) is 6.24. The number of nitrogens with one attached hydrogen (secondary N) is 1. The summed E-state index contributed by atoms with van der Waals surface area (Å²) in [4.78, 5) is 0. The lowest BCUT2D eigenvalue weighted by Gasteiger charge is -2.42. The van der Waals surface area contributed by atoms with Gasteiger partial charge in [0.05, 0.1) is 11.6 Å². The van der Waals surface area contributed by atoms with Gasteiger partial charge in [-0.1, -0.05) is 30.8 Å². The summed E-state index contributed by atoms with van der Waals surface area (Å²) in [5, 5.41) is 13.5. The first-order chi connectivity index (χ1) is 8.12. The van der Waals surface area contributed by atoms with Crippen LogP contribution in [-0.2, 0) is 5.54 Å². The molecule has 2 nitrogen and oxygen atoms in total. The van der Waals surface area contributed by atoms with Gasteiger partial charge < -0.3 is 10.4 Å². The largest absolute Gasteiger partial charge is 0.389 e. The Hall–Kier alpha value is -1.12. The highest BCUT2D eigenvalue weighted by Gasteiger charge is 2.40. The Morgan fingerprint density at radius 2 is 2.12 bits per heavy atom. The molecule has 0 saturated heterocycles. The van der Waals surface area contributed by atoms with Crippen molar-refractivity contribution in [1.29, 1.82) is 0 Å². The van der Waals surface area contributed by atoms with Crippen LogP contribution < -0.4 is 5.32 Å². The Labute approximate surface area is 103 Å². The van der Waals surface area contributed by atoms with Gasteiger partial charge in [-0.25, -0.2) is 0 Å². The molecule has 1 aromatic carbocycles. The molecule has 1 aromatic rings. The van der Waals surface area contributed by atoms with Crippen molar-refractivity contribution in [2.75, 3.05) is 7.05 Å². The number of benzene rings is 1. The third kappa shape index (κ3) is 1.92. The molecule has 0 bridgehead atoms. The molecule has 1 fully saturated rings. The second kappa shape index (κ2) is 4.63. The van der Waals surface area contributed by atoms with Crippen LogP contribution in [0.3, 0.4) is 0 Å². The molecule has 0 spiro atoms. The van der Waals surface area contributed by atoms with Crippen LogP contribution in [0.25, 0.3) is 0 Å². The molecule has 1 saturated carbocycles. The number of aliphatic hydroxyl groups excluding tert-OH is 1. The molecule has 92 valence electrons. The molecule has 2 heteroatoms. The average Bonchev–Trinajstić information content (AvgIpc) is 2.34. The highest BCUT2D eigenvalue weighted by atomic mass is 16.3. The summed E-state index contributed by atoms with van der Waals surface area (Å²) in [6.07, 6.45) is 2.46. The second-order valence-corrected chi connectivity index (χ2v) is 4.90. The van der Waals surface area contributed by atoms with E-state index < -0.39 is 6.10 Å². The molecule has 2 unspecified atom stereocenters. The van der Waals surface area contributed by atoms with E-state index in [1.165, 1.54) is 11.1 Å². The number of aryl methyl sites for hydroxylation is 1. The molecular weight excluding hydrogens is 210 g/mol. The Morgan fingerprint density at radius 3 is 2.76 bits per heavy atom. The minimum Gasteiger partial charge on any atom is -0.389 e. The van der Waals surface area contributed by atoms with Gasteiger partial charge in [-0.05, 0) is 49.9 Å². The molecule has 0 aliphatic heterocycles. The minimum atomic E-state index is -0.393. The van der Waals surface area contributed by atoms with E-state index >= 15 is 0 Å². The summed E-state index contributed by atoms with van der Waals surface area (Å²) in [5.74, 6) is 0. The van der Waals surface area contributed by atoms with E-state index in [-0.39, 0.29) is 5.54 Å². The standard InChI is InChI=1S/C15H21NO/c1-11-7-4-5-8-13(11)15(16-3)10-6-9-14(17)12(15)2/h4-5,7-8,14,16-17H,2,6,9-10H2,1,3H3. The van der Waals surface area contributed by atoms with Crippen molar-refractivity contribution in [2.45, 2.75) is 37.8 Å². The van der Waals surface area contributed by atoms with Gasteiger partial charge in [-0.2, -0.15) is 0 Å².